The summed E-state index contributed by atoms with van der Waals surface area (Å²) in [6.07, 6.45) is 4.35. The molecular formula is C18H23ClN4O. The van der Waals surface area contributed by atoms with E-state index in [1.54, 1.807) is 7.05 Å². The molecule has 2 fully saturated rings. The highest BCUT2D eigenvalue weighted by molar-refractivity contribution is 6.30. The summed E-state index contributed by atoms with van der Waals surface area (Å²) in [4.78, 5) is 14.8. The lowest BCUT2D eigenvalue weighted by atomic mass is 9.95. The molecule has 0 amide bonds. The molecule has 0 N–H and O–H groups in total. The summed E-state index contributed by atoms with van der Waals surface area (Å²) < 4.78 is 3.46. The van der Waals surface area contributed by atoms with Crippen LogP contribution in [0.5, 0.6) is 0 Å². The molecule has 0 bridgehead atoms. The highest BCUT2D eigenvalue weighted by Gasteiger charge is 2.33. The molecule has 128 valence electrons. The van der Waals surface area contributed by atoms with Crippen LogP contribution in [0.25, 0.3) is 0 Å². The molecule has 1 aliphatic carbocycles. The largest absolute Gasteiger partial charge is 0.345 e. The Kier molecular flexibility index (Phi) is 4.22. The van der Waals surface area contributed by atoms with Crippen molar-refractivity contribution in [2.24, 2.45) is 7.05 Å². The van der Waals surface area contributed by atoms with Crippen molar-refractivity contribution >= 4 is 11.6 Å². The second-order valence-corrected chi connectivity index (χ2v) is 7.48. The number of aromatic nitrogens is 3. The quantitative estimate of drug-likeness (QED) is 0.854. The first kappa shape index (κ1) is 15.9. The van der Waals surface area contributed by atoms with Gasteiger partial charge in [0.25, 0.3) is 0 Å². The standard InChI is InChI=1S/C18H23ClN4O/c1-21-18(24)23(16-5-6-16)17(20-21)14-7-9-22(10-8-14)12-13-3-2-4-15(19)11-13/h2-4,11,14,16H,5-10,12H2,1H3. The van der Waals surface area contributed by atoms with Gasteiger partial charge in [-0.2, -0.15) is 5.10 Å². The van der Waals surface area contributed by atoms with E-state index in [-0.39, 0.29) is 5.69 Å². The molecule has 1 saturated carbocycles. The maximum absolute atomic E-state index is 12.3. The van der Waals surface area contributed by atoms with Crippen LogP contribution in [-0.4, -0.2) is 32.3 Å². The minimum absolute atomic E-state index is 0.0499. The van der Waals surface area contributed by atoms with Gasteiger partial charge < -0.3 is 0 Å². The number of aryl methyl sites for hydroxylation is 1. The van der Waals surface area contributed by atoms with E-state index in [0.29, 0.717) is 12.0 Å². The van der Waals surface area contributed by atoms with Crippen LogP contribution < -0.4 is 5.69 Å². The lowest BCUT2D eigenvalue weighted by Crippen LogP contribution is -2.33. The molecule has 5 nitrogen and oxygen atoms in total. The first-order valence-electron chi connectivity index (χ1n) is 8.74. The summed E-state index contributed by atoms with van der Waals surface area (Å²) in [5, 5.41) is 5.34. The molecule has 6 heteroatoms. The Labute approximate surface area is 146 Å². The first-order chi connectivity index (χ1) is 11.6. The third-order valence-electron chi connectivity index (χ3n) is 5.14. The molecule has 0 spiro atoms. The maximum atomic E-state index is 12.3. The lowest BCUT2D eigenvalue weighted by molar-refractivity contribution is 0.199. The van der Waals surface area contributed by atoms with Gasteiger partial charge in [0.05, 0.1) is 0 Å². The number of rotatable bonds is 4. The molecule has 1 saturated heterocycles. The normalized spacial score (nSPS) is 19.8. The molecule has 24 heavy (non-hydrogen) atoms. The number of likely N-dealkylation sites (tertiary alicyclic amines) is 1. The second-order valence-electron chi connectivity index (χ2n) is 7.05. The highest BCUT2D eigenvalue weighted by atomic mass is 35.5. The average molecular weight is 347 g/mol. The van der Waals surface area contributed by atoms with Crippen LogP contribution in [0.1, 0.15) is 49.0 Å². The average Bonchev–Trinajstić information content (AvgIpc) is 3.35. The Hall–Kier alpha value is -1.59. The summed E-state index contributed by atoms with van der Waals surface area (Å²) in [5.41, 5.74) is 1.31. The van der Waals surface area contributed by atoms with Gasteiger partial charge in [-0.15, -0.1) is 0 Å². The van der Waals surface area contributed by atoms with Crippen molar-refractivity contribution in [2.75, 3.05) is 13.1 Å². The fraction of sp³-hybridized carbons (Fsp3) is 0.556. The molecule has 2 aromatic rings. The molecule has 0 atom stereocenters. The second kappa shape index (κ2) is 6.37. The summed E-state index contributed by atoms with van der Waals surface area (Å²) in [7, 11) is 1.76. The smallest absolute Gasteiger partial charge is 0.299 e. The number of hydrogen-bond donors (Lipinski definition) is 0. The molecule has 0 unspecified atom stereocenters. The van der Waals surface area contributed by atoms with Crippen molar-refractivity contribution in [1.82, 2.24) is 19.2 Å². The van der Waals surface area contributed by atoms with E-state index in [9.17, 15) is 4.79 Å². The van der Waals surface area contributed by atoms with Gasteiger partial charge >= 0.3 is 5.69 Å². The van der Waals surface area contributed by atoms with Gasteiger partial charge in [0.15, 0.2) is 0 Å². The third-order valence-corrected chi connectivity index (χ3v) is 5.38. The van der Waals surface area contributed by atoms with Crippen molar-refractivity contribution in [3.05, 3.63) is 51.2 Å². The molecule has 1 aliphatic heterocycles. The van der Waals surface area contributed by atoms with Crippen LogP contribution in [-0.2, 0) is 13.6 Å². The molecule has 4 rings (SSSR count). The van der Waals surface area contributed by atoms with Crippen molar-refractivity contribution in [3.63, 3.8) is 0 Å². The van der Waals surface area contributed by atoms with Gasteiger partial charge in [-0.3, -0.25) is 9.47 Å². The topological polar surface area (TPSA) is 43.1 Å². The molecular weight excluding hydrogens is 324 g/mol. The van der Waals surface area contributed by atoms with Crippen LogP contribution in [0.4, 0.5) is 0 Å². The number of piperidine rings is 1. The zero-order valence-electron chi connectivity index (χ0n) is 14.0. The predicted octanol–water partition coefficient (Wildman–Crippen LogP) is 2.95. The van der Waals surface area contributed by atoms with E-state index in [1.807, 2.05) is 22.8 Å². The fourth-order valence-corrected chi connectivity index (χ4v) is 3.91. The fourth-order valence-electron chi connectivity index (χ4n) is 3.70. The van der Waals surface area contributed by atoms with E-state index in [0.717, 1.165) is 56.2 Å². The van der Waals surface area contributed by atoms with Crippen molar-refractivity contribution in [2.45, 2.75) is 44.2 Å². The molecule has 1 aromatic carbocycles. The van der Waals surface area contributed by atoms with E-state index < -0.39 is 0 Å². The van der Waals surface area contributed by atoms with Crippen LogP contribution in [0, 0.1) is 0 Å². The Bertz CT molecular complexity index is 785. The SMILES string of the molecule is Cn1nc(C2CCN(Cc3cccc(Cl)c3)CC2)n(C2CC2)c1=O. The number of hydrogen-bond acceptors (Lipinski definition) is 3. The molecule has 2 heterocycles. The van der Waals surface area contributed by atoms with E-state index in [1.165, 1.54) is 10.2 Å². The van der Waals surface area contributed by atoms with E-state index in [2.05, 4.69) is 16.1 Å². The number of benzene rings is 1. The Balaban J connectivity index is 1.43. The number of nitrogens with zero attached hydrogens (tertiary/aromatic N) is 4. The van der Waals surface area contributed by atoms with Crippen LogP contribution in [0.2, 0.25) is 5.02 Å². The van der Waals surface area contributed by atoms with Gasteiger partial charge in [-0.1, -0.05) is 23.7 Å². The zero-order chi connectivity index (χ0) is 16.7. The monoisotopic (exact) mass is 346 g/mol. The minimum Gasteiger partial charge on any atom is -0.299 e. The Morgan fingerprint density at radius 3 is 2.62 bits per heavy atom. The van der Waals surface area contributed by atoms with Crippen LogP contribution in [0.3, 0.4) is 0 Å². The van der Waals surface area contributed by atoms with Crippen molar-refractivity contribution in [3.8, 4) is 0 Å². The summed E-state index contributed by atoms with van der Waals surface area (Å²) >= 11 is 6.07. The van der Waals surface area contributed by atoms with Crippen molar-refractivity contribution < 1.29 is 0 Å². The molecule has 1 aromatic heterocycles. The summed E-state index contributed by atoms with van der Waals surface area (Å²) in [6, 6.07) is 8.48. The highest BCUT2D eigenvalue weighted by Crippen LogP contribution is 2.37. The Morgan fingerprint density at radius 2 is 1.96 bits per heavy atom. The van der Waals surface area contributed by atoms with Gasteiger partial charge in [0, 0.05) is 30.6 Å². The van der Waals surface area contributed by atoms with E-state index in [4.69, 9.17) is 11.6 Å². The third kappa shape index (κ3) is 3.15. The van der Waals surface area contributed by atoms with Gasteiger partial charge in [0.2, 0.25) is 0 Å². The Morgan fingerprint density at radius 1 is 1.21 bits per heavy atom. The van der Waals surface area contributed by atoms with Crippen molar-refractivity contribution in [1.29, 1.82) is 0 Å². The predicted molar refractivity (Wildman–Crippen MR) is 94.4 cm³/mol. The van der Waals surface area contributed by atoms with E-state index >= 15 is 0 Å². The zero-order valence-corrected chi connectivity index (χ0v) is 14.7. The van der Waals surface area contributed by atoms with Gasteiger partial charge in [-0.05, 0) is 56.5 Å². The summed E-state index contributed by atoms with van der Waals surface area (Å²) in [6.45, 7) is 3.00. The maximum Gasteiger partial charge on any atom is 0.345 e. The molecule has 2 aliphatic rings. The molecule has 0 radical (unpaired) electrons. The van der Waals surface area contributed by atoms with Gasteiger partial charge in [-0.25, -0.2) is 9.48 Å². The van der Waals surface area contributed by atoms with Gasteiger partial charge in [0.1, 0.15) is 5.82 Å². The van der Waals surface area contributed by atoms with Crippen LogP contribution >= 0.6 is 11.6 Å². The number of halogens is 1. The first-order valence-corrected chi connectivity index (χ1v) is 9.12. The summed E-state index contributed by atoms with van der Waals surface area (Å²) in [5.74, 6) is 1.41. The minimum atomic E-state index is 0.0499. The van der Waals surface area contributed by atoms with Crippen LogP contribution in [0.15, 0.2) is 29.1 Å². The lowest BCUT2D eigenvalue weighted by Gasteiger charge is -2.31.